The molecule has 1 aliphatic rings. The van der Waals surface area contributed by atoms with Gasteiger partial charge in [0.2, 0.25) is 0 Å². The van der Waals surface area contributed by atoms with Crippen molar-refractivity contribution in [1.29, 1.82) is 5.26 Å². The maximum atomic E-state index is 10.3. The minimum absolute atomic E-state index is 0.512. The molecule has 1 saturated heterocycles. The van der Waals surface area contributed by atoms with Crippen LogP contribution in [0.3, 0.4) is 0 Å². The number of aromatic nitrogens is 3. The summed E-state index contributed by atoms with van der Waals surface area (Å²) in [6, 6.07) is 16.8. The Balaban J connectivity index is 1.59. The summed E-state index contributed by atoms with van der Waals surface area (Å²) in [6.07, 6.45) is 3.20. The molecule has 1 aliphatic heterocycles. The van der Waals surface area contributed by atoms with Crippen molar-refractivity contribution in [3.05, 3.63) is 65.9 Å². The Bertz CT molecular complexity index is 1440. The summed E-state index contributed by atoms with van der Waals surface area (Å²) in [4.78, 5) is 8.19. The number of anilines is 1. The fourth-order valence-electron chi connectivity index (χ4n) is 4.42. The Morgan fingerprint density at radius 2 is 1.91 bits per heavy atom. The third-order valence-corrected chi connectivity index (χ3v) is 6.90. The number of rotatable bonds is 4. The van der Waals surface area contributed by atoms with Crippen LogP contribution in [0.5, 0.6) is 0 Å². The van der Waals surface area contributed by atoms with Gasteiger partial charge in [0, 0.05) is 43.0 Å². The largest absolute Gasteiger partial charge is 0.472 e. The highest BCUT2D eigenvalue weighted by Gasteiger charge is 2.24. The van der Waals surface area contributed by atoms with E-state index in [0.29, 0.717) is 16.9 Å². The second-order valence-corrected chi connectivity index (χ2v) is 8.84. The third-order valence-electron chi connectivity index (χ3n) is 6.01. The number of benzene rings is 1. The lowest BCUT2D eigenvalue weighted by Crippen LogP contribution is -2.43. The molecule has 0 spiro atoms. The van der Waals surface area contributed by atoms with E-state index in [-0.39, 0.29) is 0 Å². The number of aromatic amines is 1. The van der Waals surface area contributed by atoms with E-state index in [0.717, 1.165) is 58.8 Å². The molecule has 1 fully saturated rings. The number of furan rings is 1. The van der Waals surface area contributed by atoms with Crippen LogP contribution in [-0.4, -0.2) is 41.4 Å². The zero-order valence-electron chi connectivity index (χ0n) is 17.7. The molecule has 33 heavy (non-hydrogen) atoms. The lowest BCUT2D eigenvalue weighted by atomic mass is 9.93. The molecule has 0 saturated carbocycles. The van der Waals surface area contributed by atoms with Crippen molar-refractivity contribution in [3.63, 3.8) is 0 Å². The van der Waals surface area contributed by atoms with Crippen LogP contribution < -0.4 is 10.2 Å². The molecule has 8 heteroatoms. The van der Waals surface area contributed by atoms with Gasteiger partial charge in [0.05, 0.1) is 39.7 Å². The van der Waals surface area contributed by atoms with Crippen molar-refractivity contribution in [2.24, 2.45) is 0 Å². The first-order chi connectivity index (χ1) is 16.3. The minimum Gasteiger partial charge on any atom is -0.472 e. The predicted octanol–water partition coefficient (Wildman–Crippen LogP) is 4.89. The normalized spacial score (nSPS) is 14.0. The van der Waals surface area contributed by atoms with Crippen LogP contribution in [0.25, 0.3) is 44.0 Å². The number of hydrogen-bond acceptors (Lipinski definition) is 7. The quantitative estimate of drug-likeness (QED) is 0.403. The van der Waals surface area contributed by atoms with E-state index in [4.69, 9.17) is 9.40 Å². The molecule has 4 aromatic heterocycles. The number of hydrogen-bond donors (Lipinski definition) is 2. The van der Waals surface area contributed by atoms with E-state index in [9.17, 15) is 5.26 Å². The molecule has 7 nitrogen and oxygen atoms in total. The van der Waals surface area contributed by atoms with Gasteiger partial charge in [0.25, 0.3) is 0 Å². The summed E-state index contributed by atoms with van der Waals surface area (Å²) in [7, 11) is 0. The van der Waals surface area contributed by atoms with Crippen molar-refractivity contribution in [1.82, 2.24) is 20.5 Å². The molecule has 5 heterocycles. The number of nitrogens with one attached hydrogen (secondary N) is 2. The summed E-state index contributed by atoms with van der Waals surface area (Å²) >= 11 is 1.63. The fraction of sp³-hybridized carbons (Fsp3) is 0.160. The van der Waals surface area contributed by atoms with Crippen molar-refractivity contribution in [2.45, 2.75) is 0 Å². The molecular weight excluding hydrogens is 432 g/mol. The van der Waals surface area contributed by atoms with Gasteiger partial charge >= 0.3 is 0 Å². The molecule has 0 amide bonds. The maximum absolute atomic E-state index is 10.3. The standard InChI is InChI=1S/C25H20N6OS/c26-14-19-21(16-3-5-18(6-4-16)31-10-8-27-9-11-31)22-24(20-2-1-13-33-20)29-30-25(22)28-23(19)17-7-12-32-15-17/h1-7,12-13,15,27H,8-11H2,(H,28,29,30). The molecule has 0 atom stereocenters. The lowest BCUT2D eigenvalue weighted by molar-refractivity contribution is 0.568. The van der Waals surface area contributed by atoms with Crippen molar-refractivity contribution in [2.75, 3.05) is 31.1 Å². The molecule has 2 N–H and O–H groups in total. The maximum Gasteiger partial charge on any atom is 0.182 e. The molecule has 1 aromatic carbocycles. The van der Waals surface area contributed by atoms with Gasteiger partial charge in [-0.25, -0.2) is 4.98 Å². The smallest absolute Gasteiger partial charge is 0.182 e. The SMILES string of the molecule is N#Cc1c(-c2ccoc2)nc2n[nH]c(-c3cccs3)c2c1-c1ccc(N2CCNCC2)cc1. The van der Waals surface area contributed by atoms with Crippen LogP contribution in [0.2, 0.25) is 0 Å². The van der Waals surface area contributed by atoms with E-state index in [2.05, 4.69) is 50.7 Å². The Morgan fingerprint density at radius 1 is 1.06 bits per heavy atom. The van der Waals surface area contributed by atoms with E-state index in [1.54, 1.807) is 23.9 Å². The molecule has 5 aromatic rings. The fourth-order valence-corrected chi connectivity index (χ4v) is 5.15. The monoisotopic (exact) mass is 452 g/mol. The zero-order valence-corrected chi connectivity index (χ0v) is 18.5. The molecule has 0 radical (unpaired) electrons. The van der Waals surface area contributed by atoms with Crippen molar-refractivity contribution >= 4 is 28.1 Å². The summed E-state index contributed by atoms with van der Waals surface area (Å²) in [6.45, 7) is 3.94. The lowest BCUT2D eigenvalue weighted by Gasteiger charge is -2.29. The number of pyridine rings is 1. The summed E-state index contributed by atoms with van der Waals surface area (Å²) in [5.74, 6) is 0. The highest BCUT2D eigenvalue weighted by atomic mass is 32.1. The van der Waals surface area contributed by atoms with Crippen LogP contribution in [0, 0.1) is 11.3 Å². The summed E-state index contributed by atoms with van der Waals surface area (Å²) < 4.78 is 5.29. The van der Waals surface area contributed by atoms with Gasteiger partial charge in [-0.2, -0.15) is 10.4 Å². The minimum atomic E-state index is 0.512. The Hall–Kier alpha value is -3.93. The number of piperazine rings is 1. The van der Waals surface area contributed by atoms with E-state index < -0.39 is 0 Å². The van der Waals surface area contributed by atoms with E-state index >= 15 is 0 Å². The first-order valence-corrected chi connectivity index (χ1v) is 11.7. The number of nitrogens with zero attached hydrogens (tertiary/aromatic N) is 4. The molecular formula is C25H20N6OS. The van der Waals surface area contributed by atoms with Gasteiger partial charge in [-0.05, 0) is 35.2 Å². The first kappa shape index (κ1) is 19.7. The average molecular weight is 453 g/mol. The zero-order chi connectivity index (χ0) is 22.2. The van der Waals surface area contributed by atoms with Crippen molar-refractivity contribution < 1.29 is 4.42 Å². The van der Waals surface area contributed by atoms with Crippen LogP contribution in [-0.2, 0) is 0 Å². The predicted molar refractivity (Wildman–Crippen MR) is 130 cm³/mol. The molecule has 6 rings (SSSR count). The topological polar surface area (TPSA) is 93.8 Å². The van der Waals surface area contributed by atoms with Crippen LogP contribution in [0.1, 0.15) is 5.56 Å². The van der Waals surface area contributed by atoms with Crippen LogP contribution in [0.4, 0.5) is 5.69 Å². The van der Waals surface area contributed by atoms with E-state index in [1.165, 1.54) is 5.69 Å². The van der Waals surface area contributed by atoms with E-state index in [1.807, 2.05) is 23.6 Å². The number of fused-ring (bicyclic) bond motifs is 1. The van der Waals surface area contributed by atoms with Gasteiger partial charge in [-0.1, -0.05) is 18.2 Å². The van der Waals surface area contributed by atoms with Gasteiger partial charge < -0.3 is 14.6 Å². The van der Waals surface area contributed by atoms with Gasteiger partial charge in [0.1, 0.15) is 6.07 Å². The highest BCUT2D eigenvalue weighted by Crippen LogP contribution is 2.41. The highest BCUT2D eigenvalue weighted by molar-refractivity contribution is 7.13. The van der Waals surface area contributed by atoms with Gasteiger partial charge in [-0.3, -0.25) is 5.10 Å². The molecule has 0 aliphatic carbocycles. The number of nitriles is 1. The molecule has 162 valence electrons. The average Bonchev–Trinajstić information content (AvgIpc) is 3.65. The first-order valence-electron chi connectivity index (χ1n) is 10.8. The van der Waals surface area contributed by atoms with Crippen LogP contribution >= 0.6 is 11.3 Å². The van der Waals surface area contributed by atoms with Gasteiger partial charge in [0.15, 0.2) is 5.65 Å². The number of thiophene rings is 1. The second-order valence-electron chi connectivity index (χ2n) is 7.89. The summed E-state index contributed by atoms with van der Waals surface area (Å²) in [5.41, 5.74) is 6.28. The van der Waals surface area contributed by atoms with Gasteiger partial charge in [-0.15, -0.1) is 11.3 Å². The Kier molecular flexibility index (Phi) is 4.91. The Morgan fingerprint density at radius 3 is 2.61 bits per heavy atom. The molecule has 0 unspecified atom stereocenters. The molecule has 0 bridgehead atoms. The van der Waals surface area contributed by atoms with Crippen molar-refractivity contribution in [3.8, 4) is 39.0 Å². The van der Waals surface area contributed by atoms with Crippen LogP contribution in [0.15, 0.2) is 64.8 Å². The third kappa shape index (κ3) is 3.39. The Labute approximate surface area is 194 Å². The summed E-state index contributed by atoms with van der Waals surface area (Å²) in [5, 5.41) is 24.2. The number of H-pyrrole nitrogens is 1. The second kappa shape index (κ2) is 8.20.